The van der Waals surface area contributed by atoms with Crippen molar-refractivity contribution in [3.8, 4) is 0 Å². The summed E-state index contributed by atoms with van der Waals surface area (Å²) in [4.78, 5) is 16.5. The van der Waals surface area contributed by atoms with Crippen molar-refractivity contribution in [2.45, 2.75) is 44.1 Å². The van der Waals surface area contributed by atoms with E-state index in [0.29, 0.717) is 5.56 Å². The van der Waals surface area contributed by atoms with Gasteiger partial charge in [-0.1, -0.05) is 23.2 Å². The molecule has 5 heteroatoms. The second-order valence-electron chi connectivity index (χ2n) is 7.15. The third-order valence-corrected chi connectivity index (χ3v) is 5.83. The van der Waals surface area contributed by atoms with E-state index in [1.807, 2.05) is 0 Å². The highest BCUT2D eigenvalue weighted by molar-refractivity contribution is 6.33. The van der Waals surface area contributed by atoms with Crippen molar-refractivity contribution in [3.63, 3.8) is 0 Å². The standard InChI is InChI=1S/C16H18Cl2N2O/c17-13-4-12(5-14(18)19-13)15(21)20-16-6-9-1-10(7-16)3-11(2-9)8-16/h4-5,9-11H,1-3,6-8H2,(H,20,21). The van der Waals surface area contributed by atoms with Crippen LogP contribution in [0.3, 0.4) is 0 Å². The molecule has 0 atom stereocenters. The molecule has 4 saturated carbocycles. The minimum absolute atomic E-state index is 0.00799. The zero-order valence-electron chi connectivity index (χ0n) is 11.7. The Morgan fingerprint density at radius 1 is 1.05 bits per heavy atom. The second kappa shape index (κ2) is 4.85. The molecule has 1 heterocycles. The molecular formula is C16H18Cl2N2O. The summed E-state index contributed by atoms with van der Waals surface area (Å²) in [7, 11) is 0. The zero-order valence-corrected chi connectivity index (χ0v) is 13.3. The minimum atomic E-state index is -0.0665. The van der Waals surface area contributed by atoms with Crippen molar-refractivity contribution in [2.24, 2.45) is 17.8 Å². The molecule has 0 saturated heterocycles. The van der Waals surface area contributed by atoms with Gasteiger partial charge in [0.1, 0.15) is 10.3 Å². The average molecular weight is 325 g/mol. The predicted octanol–water partition coefficient (Wildman–Crippen LogP) is 4.09. The Balaban J connectivity index is 1.56. The van der Waals surface area contributed by atoms with Crippen LogP contribution in [0.5, 0.6) is 0 Å². The van der Waals surface area contributed by atoms with Crippen molar-refractivity contribution in [2.75, 3.05) is 0 Å². The highest BCUT2D eigenvalue weighted by Crippen LogP contribution is 2.55. The SMILES string of the molecule is O=C(NC12CC3CC(CC(C3)C1)C2)c1cc(Cl)nc(Cl)c1. The summed E-state index contributed by atoms with van der Waals surface area (Å²) in [5, 5.41) is 3.84. The number of nitrogens with one attached hydrogen (secondary N) is 1. The van der Waals surface area contributed by atoms with Crippen LogP contribution in [0.4, 0.5) is 0 Å². The number of hydrogen-bond acceptors (Lipinski definition) is 2. The molecular weight excluding hydrogens is 307 g/mol. The molecule has 0 unspecified atom stereocenters. The van der Waals surface area contributed by atoms with E-state index < -0.39 is 0 Å². The number of carbonyl (C=O) groups excluding carboxylic acids is 1. The number of pyridine rings is 1. The fraction of sp³-hybridized carbons (Fsp3) is 0.625. The average Bonchev–Trinajstić information content (AvgIpc) is 2.35. The quantitative estimate of drug-likeness (QED) is 0.832. The molecule has 0 spiro atoms. The van der Waals surface area contributed by atoms with Gasteiger partial charge in [-0.15, -0.1) is 0 Å². The summed E-state index contributed by atoms with van der Waals surface area (Å²) >= 11 is 11.8. The molecule has 1 aromatic rings. The summed E-state index contributed by atoms with van der Waals surface area (Å²) in [5.74, 6) is 2.35. The Morgan fingerprint density at radius 3 is 2.00 bits per heavy atom. The molecule has 4 aliphatic carbocycles. The number of rotatable bonds is 2. The highest BCUT2D eigenvalue weighted by Gasteiger charge is 2.51. The van der Waals surface area contributed by atoms with E-state index in [-0.39, 0.29) is 21.8 Å². The van der Waals surface area contributed by atoms with E-state index in [4.69, 9.17) is 23.2 Å². The maximum absolute atomic E-state index is 12.6. The smallest absolute Gasteiger partial charge is 0.251 e. The largest absolute Gasteiger partial charge is 0.347 e. The first-order chi connectivity index (χ1) is 10.0. The zero-order chi connectivity index (χ0) is 14.6. The number of nitrogens with zero attached hydrogens (tertiary/aromatic N) is 1. The first kappa shape index (κ1) is 13.8. The predicted molar refractivity (Wildman–Crippen MR) is 82.6 cm³/mol. The van der Waals surface area contributed by atoms with Gasteiger partial charge in [0.25, 0.3) is 5.91 Å². The first-order valence-electron chi connectivity index (χ1n) is 7.67. The molecule has 21 heavy (non-hydrogen) atoms. The summed E-state index contributed by atoms with van der Waals surface area (Å²) in [6, 6.07) is 3.17. The van der Waals surface area contributed by atoms with Crippen LogP contribution < -0.4 is 5.32 Å². The van der Waals surface area contributed by atoms with Crippen LogP contribution in [0, 0.1) is 17.8 Å². The van der Waals surface area contributed by atoms with Crippen LogP contribution in [0.2, 0.25) is 10.3 Å². The van der Waals surface area contributed by atoms with Crippen LogP contribution in [0.25, 0.3) is 0 Å². The van der Waals surface area contributed by atoms with Crippen LogP contribution in [0.1, 0.15) is 48.9 Å². The van der Waals surface area contributed by atoms with Crippen molar-refractivity contribution >= 4 is 29.1 Å². The van der Waals surface area contributed by atoms with Gasteiger partial charge in [0.2, 0.25) is 0 Å². The van der Waals surface area contributed by atoms with E-state index in [1.165, 1.54) is 19.3 Å². The third kappa shape index (κ3) is 2.55. The molecule has 4 bridgehead atoms. The van der Waals surface area contributed by atoms with Gasteiger partial charge < -0.3 is 5.32 Å². The van der Waals surface area contributed by atoms with Crippen LogP contribution in [-0.4, -0.2) is 16.4 Å². The second-order valence-corrected chi connectivity index (χ2v) is 7.93. The molecule has 112 valence electrons. The van der Waals surface area contributed by atoms with Gasteiger partial charge in [-0.05, 0) is 68.4 Å². The first-order valence-corrected chi connectivity index (χ1v) is 8.42. The van der Waals surface area contributed by atoms with Crippen molar-refractivity contribution < 1.29 is 4.79 Å². The Kier molecular flexibility index (Phi) is 3.20. The van der Waals surface area contributed by atoms with E-state index in [1.54, 1.807) is 12.1 Å². The molecule has 3 nitrogen and oxygen atoms in total. The Hall–Kier alpha value is -0.800. The van der Waals surface area contributed by atoms with E-state index in [0.717, 1.165) is 37.0 Å². The van der Waals surface area contributed by atoms with Crippen LogP contribution >= 0.6 is 23.2 Å². The Labute approximate surface area is 134 Å². The molecule has 1 amide bonds. The fourth-order valence-corrected chi connectivity index (χ4v) is 5.63. The topological polar surface area (TPSA) is 42.0 Å². The van der Waals surface area contributed by atoms with E-state index in [2.05, 4.69) is 10.3 Å². The van der Waals surface area contributed by atoms with Crippen LogP contribution in [0.15, 0.2) is 12.1 Å². The lowest BCUT2D eigenvalue weighted by molar-refractivity contribution is -0.0167. The summed E-state index contributed by atoms with van der Waals surface area (Å²) in [6.45, 7) is 0. The molecule has 4 aliphatic rings. The maximum Gasteiger partial charge on any atom is 0.251 e. The molecule has 1 aromatic heterocycles. The Bertz CT molecular complexity index is 546. The molecule has 1 N–H and O–H groups in total. The highest BCUT2D eigenvalue weighted by atomic mass is 35.5. The fourth-order valence-electron chi connectivity index (χ4n) is 5.17. The molecule has 0 radical (unpaired) electrons. The van der Waals surface area contributed by atoms with E-state index >= 15 is 0 Å². The van der Waals surface area contributed by atoms with Gasteiger partial charge in [0, 0.05) is 11.1 Å². The van der Waals surface area contributed by atoms with Crippen LogP contribution in [-0.2, 0) is 0 Å². The number of carbonyl (C=O) groups is 1. The molecule has 0 aromatic carbocycles. The van der Waals surface area contributed by atoms with Crippen molar-refractivity contribution in [3.05, 3.63) is 28.0 Å². The molecule has 0 aliphatic heterocycles. The van der Waals surface area contributed by atoms with Gasteiger partial charge in [0.05, 0.1) is 0 Å². The minimum Gasteiger partial charge on any atom is -0.347 e. The lowest BCUT2D eigenvalue weighted by Crippen LogP contribution is -2.59. The van der Waals surface area contributed by atoms with Gasteiger partial charge >= 0.3 is 0 Å². The van der Waals surface area contributed by atoms with Crippen molar-refractivity contribution in [1.29, 1.82) is 0 Å². The number of halogens is 2. The number of aromatic nitrogens is 1. The normalized spacial score (nSPS) is 36.8. The molecule has 5 rings (SSSR count). The molecule has 4 fully saturated rings. The monoisotopic (exact) mass is 324 g/mol. The lowest BCUT2D eigenvalue weighted by atomic mass is 9.53. The van der Waals surface area contributed by atoms with Gasteiger partial charge in [0.15, 0.2) is 0 Å². The lowest BCUT2D eigenvalue weighted by Gasteiger charge is -2.56. The third-order valence-electron chi connectivity index (χ3n) is 5.44. The van der Waals surface area contributed by atoms with Crippen molar-refractivity contribution in [1.82, 2.24) is 10.3 Å². The Morgan fingerprint density at radius 2 is 1.52 bits per heavy atom. The van der Waals surface area contributed by atoms with E-state index in [9.17, 15) is 4.79 Å². The van der Waals surface area contributed by atoms with Gasteiger partial charge in [-0.25, -0.2) is 4.98 Å². The van der Waals surface area contributed by atoms with Gasteiger partial charge in [-0.3, -0.25) is 4.79 Å². The summed E-state index contributed by atoms with van der Waals surface area (Å²) in [5.41, 5.74) is 0.518. The van der Waals surface area contributed by atoms with Gasteiger partial charge in [-0.2, -0.15) is 0 Å². The number of amides is 1. The summed E-state index contributed by atoms with van der Waals surface area (Å²) in [6.07, 6.45) is 7.50. The summed E-state index contributed by atoms with van der Waals surface area (Å²) < 4.78 is 0. The maximum atomic E-state index is 12.6. The number of hydrogen-bond donors (Lipinski definition) is 1.